The van der Waals surface area contributed by atoms with Crippen LogP contribution in [0.1, 0.15) is 16.7 Å². The van der Waals surface area contributed by atoms with Crippen LogP contribution in [-0.4, -0.2) is 11.7 Å². The Hall–Kier alpha value is -1.90. The Morgan fingerprint density at radius 1 is 0.842 bits per heavy atom. The lowest BCUT2D eigenvalue weighted by molar-refractivity contribution is 0.107. The van der Waals surface area contributed by atoms with Gasteiger partial charge in [-0.3, -0.25) is 0 Å². The molecular formula is C17H18O2. The average Bonchev–Trinajstić information content (AvgIpc) is 2.47. The van der Waals surface area contributed by atoms with Crippen molar-refractivity contribution >= 4 is 6.08 Å². The van der Waals surface area contributed by atoms with Crippen LogP contribution in [0.3, 0.4) is 0 Å². The first-order valence-corrected chi connectivity index (χ1v) is 6.36. The van der Waals surface area contributed by atoms with Crippen LogP contribution >= 0.6 is 0 Å². The summed E-state index contributed by atoms with van der Waals surface area (Å²) in [6.45, 7) is 1.31. The molecule has 98 valence electrons. The van der Waals surface area contributed by atoms with Crippen molar-refractivity contribution in [2.24, 2.45) is 0 Å². The Morgan fingerprint density at radius 3 is 2.11 bits per heavy atom. The van der Waals surface area contributed by atoms with E-state index in [9.17, 15) is 0 Å². The lowest BCUT2D eigenvalue weighted by atomic mass is 10.1. The SMILES string of the molecule is OC/C=C/c1ccc(COCc2ccccc2)cc1. The molecule has 0 aliphatic heterocycles. The van der Waals surface area contributed by atoms with E-state index in [0.29, 0.717) is 13.2 Å². The normalized spacial score (nSPS) is 11.0. The van der Waals surface area contributed by atoms with Crippen molar-refractivity contribution in [1.82, 2.24) is 0 Å². The van der Waals surface area contributed by atoms with Gasteiger partial charge >= 0.3 is 0 Å². The molecule has 0 bridgehead atoms. The van der Waals surface area contributed by atoms with E-state index < -0.39 is 0 Å². The van der Waals surface area contributed by atoms with E-state index >= 15 is 0 Å². The highest BCUT2D eigenvalue weighted by molar-refractivity contribution is 5.49. The molecule has 2 nitrogen and oxygen atoms in total. The second-order valence-electron chi connectivity index (χ2n) is 4.30. The summed E-state index contributed by atoms with van der Waals surface area (Å²) in [5, 5.41) is 8.70. The summed E-state index contributed by atoms with van der Waals surface area (Å²) < 4.78 is 5.67. The van der Waals surface area contributed by atoms with Gasteiger partial charge in [-0.05, 0) is 16.7 Å². The molecule has 2 heteroatoms. The van der Waals surface area contributed by atoms with Crippen molar-refractivity contribution in [2.75, 3.05) is 6.61 Å². The molecule has 0 aromatic heterocycles. The maximum absolute atomic E-state index is 8.70. The topological polar surface area (TPSA) is 29.5 Å². The summed E-state index contributed by atoms with van der Waals surface area (Å²) in [7, 11) is 0. The lowest BCUT2D eigenvalue weighted by Gasteiger charge is -2.05. The predicted molar refractivity (Wildman–Crippen MR) is 77.5 cm³/mol. The van der Waals surface area contributed by atoms with E-state index in [-0.39, 0.29) is 6.61 Å². The standard InChI is InChI=1S/C17H18O2/c18-12-4-7-15-8-10-17(11-9-15)14-19-13-16-5-2-1-3-6-16/h1-11,18H,12-14H2/b7-4+. The van der Waals surface area contributed by atoms with Crippen molar-refractivity contribution in [3.63, 3.8) is 0 Å². The third kappa shape index (κ3) is 4.70. The molecule has 19 heavy (non-hydrogen) atoms. The van der Waals surface area contributed by atoms with Gasteiger partial charge in [0, 0.05) is 0 Å². The fourth-order valence-electron chi connectivity index (χ4n) is 1.77. The summed E-state index contributed by atoms with van der Waals surface area (Å²) in [6.07, 6.45) is 3.62. The highest BCUT2D eigenvalue weighted by Crippen LogP contribution is 2.09. The Balaban J connectivity index is 1.81. The van der Waals surface area contributed by atoms with Gasteiger partial charge in [-0.1, -0.05) is 66.7 Å². The smallest absolute Gasteiger partial charge is 0.0721 e. The minimum atomic E-state index is 0.0714. The minimum Gasteiger partial charge on any atom is -0.392 e. The summed E-state index contributed by atoms with van der Waals surface area (Å²) in [5.41, 5.74) is 3.42. The van der Waals surface area contributed by atoms with E-state index in [1.165, 1.54) is 5.56 Å². The summed E-state index contributed by atoms with van der Waals surface area (Å²) >= 11 is 0. The Labute approximate surface area is 114 Å². The van der Waals surface area contributed by atoms with E-state index in [1.807, 2.05) is 48.5 Å². The second-order valence-corrected chi connectivity index (χ2v) is 4.30. The molecule has 2 aromatic rings. The summed E-state index contributed by atoms with van der Waals surface area (Å²) in [6, 6.07) is 18.3. The van der Waals surface area contributed by atoms with Crippen LogP contribution in [0.15, 0.2) is 60.7 Å². The number of rotatable bonds is 6. The van der Waals surface area contributed by atoms with Gasteiger partial charge in [0.05, 0.1) is 19.8 Å². The second kappa shape index (κ2) is 7.52. The molecule has 2 aromatic carbocycles. The lowest BCUT2D eigenvalue weighted by Crippen LogP contribution is -1.93. The van der Waals surface area contributed by atoms with Gasteiger partial charge < -0.3 is 9.84 Å². The fraction of sp³-hybridized carbons (Fsp3) is 0.176. The van der Waals surface area contributed by atoms with Crippen LogP contribution in [0.25, 0.3) is 6.08 Å². The summed E-state index contributed by atoms with van der Waals surface area (Å²) in [4.78, 5) is 0. The molecule has 0 heterocycles. The molecule has 0 saturated carbocycles. The minimum absolute atomic E-state index is 0.0714. The van der Waals surface area contributed by atoms with Gasteiger partial charge in [0.15, 0.2) is 0 Å². The highest BCUT2D eigenvalue weighted by atomic mass is 16.5. The maximum atomic E-state index is 8.70. The van der Waals surface area contributed by atoms with Crippen LogP contribution in [0.4, 0.5) is 0 Å². The van der Waals surface area contributed by atoms with Crippen LogP contribution in [0.5, 0.6) is 0 Å². The molecule has 0 amide bonds. The van der Waals surface area contributed by atoms with Crippen LogP contribution in [0.2, 0.25) is 0 Å². The van der Waals surface area contributed by atoms with Crippen molar-refractivity contribution in [3.8, 4) is 0 Å². The van der Waals surface area contributed by atoms with Crippen molar-refractivity contribution in [3.05, 3.63) is 77.4 Å². The first-order valence-electron chi connectivity index (χ1n) is 6.36. The van der Waals surface area contributed by atoms with E-state index in [1.54, 1.807) is 6.08 Å². The molecule has 0 saturated heterocycles. The van der Waals surface area contributed by atoms with Crippen LogP contribution in [0, 0.1) is 0 Å². The zero-order chi connectivity index (χ0) is 13.3. The Bertz CT molecular complexity index is 501. The van der Waals surface area contributed by atoms with Gasteiger partial charge in [-0.15, -0.1) is 0 Å². The maximum Gasteiger partial charge on any atom is 0.0721 e. The third-order valence-electron chi connectivity index (χ3n) is 2.78. The Morgan fingerprint density at radius 2 is 1.47 bits per heavy atom. The van der Waals surface area contributed by atoms with Gasteiger partial charge in [0.1, 0.15) is 0 Å². The van der Waals surface area contributed by atoms with Crippen LogP contribution < -0.4 is 0 Å². The van der Waals surface area contributed by atoms with Crippen molar-refractivity contribution in [2.45, 2.75) is 13.2 Å². The van der Waals surface area contributed by atoms with Gasteiger partial charge in [0.25, 0.3) is 0 Å². The van der Waals surface area contributed by atoms with Gasteiger partial charge in [-0.2, -0.15) is 0 Å². The molecule has 0 aliphatic rings. The third-order valence-corrected chi connectivity index (χ3v) is 2.78. The van der Waals surface area contributed by atoms with Gasteiger partial charge in [-0.25, -0.2) is 0 Å². The Kier molecular flexibility index (Phi) is 5.35. The first kappa shape index (κ1) is 13.5. The molecule has 0 aliphatic carbocycles. The molecule has 0 radical (unpaired) electrons. The summed E-state index contributed by atoms with van der Waals surface area (Å²) in [5.74, 6) is 0. The molecule has 1 N–H and O–H groups in total. The zero-order valence-electron chi connectivity index (χ0n) is 10.8. The quantitative estimate of drug-likeness (QED) is 0.856. The number of hydrogen-bond donors (Lipinski definition) is 1. The fourth-order valence-corrected chi connectivity index (χ4v) is 1.77. The highest BCUT2D eigenvalue weighted by Gasteiger charge is 1.95. The molecular weight excluding hydrogens is 236 g/mol. The zero-order valence-corrected chi connectivity index (χ0v) is 10.8. The monoisotopic (exact) mass is 254 g/mol. The van der Waals surface area contributed by atoms with Gasteiger partial charge in [0.2, 0.25) is 0 Å². The van der Waals surface area contributed by atoms with Crippen molar-refractivity contribution < 1.29 is 9.84 Å². The molecule has 0 unspecified atom stereocenters. The number of aliphatic hydroxyl groups excluding tert-OH is 1. The van der Waals surface area contributed by atoms with E-state index in [2.05, 4.69) is 12.1 Å². The number of benzene rings is 2. The number of aliphatic hydroxyl groups is 1. The largest absolute Gasteiger partial charge is 0.392 e. The van der Waals surface area contributed by atoms with E-state index in [4.69, 9.17) is 9.84 Å². The average molecular weight is 254 g/mol. The molecule has 2 rings (SSSR count). The number of hydrogen-bond acceptors (Lipinski definition) is 2. The molecule has 0 spiro atoms. The van der Waals surface area contributed by atoms with E-state index in [0.717, 1.165) is 11.1 Å². The molecule has 0 fully saturated rings. The number of ether oxygens (including phenoxy) is 1. The van der Waals surface area contributed by atoms with Crippen molar-refractivity contribution in [1.29, 1.82) is 0 Å². The molecule has 0 atom stereocenters. The van der Waals surface area contributed by atoms with Crippen LogP contribution in [-0.2, 0) is 18.0 Å². The predicted octanol–water partition coefficient (Wildman–Crippen LogP) is 3.41. The first-order chi connectivity index (χ1) is 9.38.